The van der Waals surface area contributed by atoms with E-state index in [1.807, 2.05) is 0 Å². The topological polar surface area (TPSA) is 73.3 Å². The molecule has 0 aliphatic heterocycles. The van der Waals surface area contributed by atoms with Gasteiger partial charge in [0.15, 0.2) is 0 Å². The van der Waals surface area contributed by atoms with E-state index in [4.69, 9.17) is 4.42 Å². The van der Waals surface area contributed by atoms with Crippen LogP contribution in [0.5, 0.6) is 0 Å². The zero-order chi connectivity index (χ0) is 14.0. The Hall–Kier alpha value is -1.95. The lowest BCUT2D eigenvalue weighted by atomic mass is 10.1. The smallest absolute Gasteiger partial charge is 0.270 e. The predicted octanol–water partition coefficient (Wildman–Crippen LogP) is 3.75. The molecule has 2 aromatic rings. The van der Waals surface area contributed by atoms with Gasteiger partial charge < -0.3 is 4.42 Å². The highest BCUT2D eigenvalue weighted by Crippen LogP contribution is 2.32. The van der Waals surface area contributed by atoms with Crippen LogP contribution < -0.4 is 0 Å². The third-order valence-electron chi connectivity index (χ3n) is 2.51. The number of halogens is 1. The Balaban J connectivity index is 2.34. The van der Waals surface area contributed by atoms with Crippen LogP contribution in [0.1, 0.15) is 12.7 Å². The summed E-state index contributed by atoms with van der Waals surface area (Å²) in [5.41, 5.74) is 0.714. The summed E-state index contributed by atoms with van der Waals surface area (Å²) in [5.74, 6) is 1.16. The molecule has 0 bridgehead atoms. The summed E-state index contributed by atoms with van der Waals surface area (Å²) in [6.07, 6.45) is 0.241. The summed E-state index contributed by atoms with van der Waals surface area (Å²) in [5, 5.41) is 10.7. The molecule has 0 N–H and O–H groups in total. The molecule has 0 saturated heterocycles. The number of Topliss-reactive ketones (excluding diaryl/α,β-unsaturated/α-hetero) is 1. The van der Waals surface area contributed by atoms with E-state index in [1.165, 1.54) is 19.1 Å². The number of nitro groups is 1. The molecule has 1 aromatic heterocycles. The first-order chi connectivity index (χ1) is 8.97. The molecule has 0 spiro atoms. The van der Waals surface area contributed by atoms with Gasteiger partial charge in [0, 0.05) is 22.2 Å². The average molecular weight is 324 g/mol. The van der Waals surface area contributed by atoms with Gasteiger partial charge in [0.05, 0.1) is 11.3 Å². The van der Waals surface area contributed by atoms with E-state index >= 15 is 0 Å². The van der Waals surface area contributed by atoms with E-state index in [0.29, 0.717) is 21.6 Å². The van der Waals surface area contributed by atoms with Gasteiger partial charge in [-0.3, -0.25) is 14.9 Å². The van der Waals surface area contributed by atoms with Gasteiger partial charge in [0.1, 0.15) is 17.3 Å². The maximum absolute atomic E-state index is 11.0. The molecule has 5 nitrogen and oxygen atoms in total. The van der Waals surface area contributed by atoms with Crippen molar-refractivity contribution in [1.82, 2.24) is 0 Å². The Labute approximate surface area is 117 Å². The van der Waals surface area contributed by atoms with Crippen molar-refractivity contribution in [2.75, 3.05) is 0 Å². The minimum absolute atomic E-state index is 0.00569. The summed E-state index contributed by atoms with van der Waals surface area (Å²) in [4.78, 5) is 21.2. The molecule has 0 saturated carbocycles. The first-order valence-electron chi connectivity index (χ1n) is 5.50. The third-order valence-corrected chi connectivity index (χ3v) is 3.17. The first kappa shape index (κ1) is 13.5. The van der Waals surface area contributed by atoms with Crippen molar-refractivity contribution in [2.45, 2.75) is 13.3 Å². The monoisotopic (exact) mass is 323 g/mol. The Bertz CT molecular complexity index is 648. The second kappa shape index (κ2) is 5.36. The van der Waals surface area contributed by atoms with Crippen LogP contribution in [-0.4, -0.2) is 10.7 Å². The highest BCUT2D eigenvalue weighted by Gasteiger charge is 2.13. The van der Waals surface area contributed by atoms with E-state index in [-0.39, 0.29) is 17.9 Å². The maximum Gasteiger partial charge on any atom is 0.270 e. The molecule has 19 heavy (non-hydrogen) atoms. The highest BCUT2D eigenvalue weighted by molar-refractivity contribution is 9.10. The van der Waals surface area contributed by atoms with Crippen LogP contribution in [0.3, 0.4) is 0 Å². The lowest BCUT2D eigenvalue weighted by molar-refractivity contribution is -0.384. The fraction of sp³-hybridized carbons (Fsp3) is 0.154. The number of benzene rings is 1. The zero-order valence-electron chi connectivity index (χ0n) is 10.1. The fourth-order valence-corrected chi connectivity index (χ4v) is 2.24. The van der Waals surface area contributed by atoms with Crippen LogP contribution >= 0.6 is 15.9 Å². The van der Waals surface area contributed by atoms with E-state index in [1.54, 1.807) is 18.2 Å². The van der Waals surface area contributed by atoms with Gasteiger partial charge >= 0.3 is 0 Å². The van der Waals surface area contributed by atoms with Gasteiger partial charge in [-0.05, 0) is 41.1 Å². The van der Waals surface area contributed by atoms with Gasteiger partial charge in [-0.15, -0.1) is 0 Å². The van der Waals surface area contributed by atoms with Crippen molar-refractivity contribution in [3.05, 3.63) is 50.7 Å². The lowest BCUT2D eigenvalue weighted by Crippen LogP contribution is -1.93. The average Bonchev–Trinajstić information content (AvgIpc) is 2.76. The number of rotatable bonds is 4. The molecule has 6 heteroatoms. The van der Waals surface area contributed by atoms with Gasteiger partial charge in [-0.1, -0.05) is 0 Å². The second-order valence-corrected chi connectivity index (χ2v) is 4.92. The summed E-state index contributed by atoms with van der Waals surface area (Å²) in [6, 6.07) is 7.91. The van der Waals surface area contributed by atoms with E-state index < -0.39 is 4.92 Å². The summed E-state index contributed by atoms with van der Waals surface area (Å²) >= 11 is 3.28. The number of ketones is 1. The Morgan fingerprint density at radius 1 is 1.37 bits per heavy atom. The van der Waals surface area contributed by atoms with Crippen molar-refractivity contribution < 1.29 is 14.1 Å². The molecule has 1 aromatic carbocycles. The molecule has 0 amide bonds. The summed E-state index contributed by atoms with van der Waals surface area (Å²) in [6.45, 7) is 1.49. The predicted molar refractivity (Wildman–Crippen MR) is 72.9 cm³/mol. The van der Waals surface area contributed by atoms with Gasteiger partial charge in [-0.25, -0.2) is 0 Å². The zero-order valence-corrected chi connectivity index (χ0v) is 11.6. The molecule has 98 valence electrons. The van der Waals surface area contributed by atoms with Crippen molar-refractivity contribution >= 4 is 27.4 Å². The summed E-state index contributed by atoms with van der Waals surface area (Å²) < 4.78 is 6.12. The minimum atomic E-state index is -0.460. The maximum atomic E-state index is 11.0. The highest BCUT2D eigenvalue weighted by atomic mass is 79.9. The van der Waals surface area contributed by atoms with E-state index in [0.717, 1.165) is 0 Å². The molecule has 0 aliphatic carbocycles. The third kappa shape index (κ3) is 3.08. The molecule has 0 radical (unpaired) electrons. The molecule has 0 unspecified atom stereocenters. The lowest BCUT2D eigenvalue weighted by Gasteiger charge is -2.01. The number of furan rings is 1. The largest absolute Gasteiger partial charge is 0.461 e. The van der Waals surface area contributed by atoms with Gasteiger partial charge in [0.2, 0.25) is 0 Å². The van der Waals surface area contributed by atoms with E-state index in [9.17, 15) is 14.9 Å². The molecule has 1 heterocycles. The first-order valence-corrected chi connectivity index (χ1v) is 6.29. The second-order valence-electron chi connectivity index (χ2n) is 4.07. The van der Waals surface area contributed by atoms with Crippen molar-refractivity contribution in [2.24, 2.45) is 0 Å². The standard InChI is InChI=1S/C13H10BrNO4/c1-8(16)6-10-3-5-13(19-10)11-4-2-9(15(17)18)7-12(11)14/h2-5,7H,6H2,1H3. The van der Waals surface area contributed by atoms with Crippen molar-refractivity contribution in [3.8, 4) is 11.3 Å². The number of hydrogen-bond donors (Lipinski definition) is 0. The SMILES string of the molecule is CC(=O)Cc1ccc(-c2ccc([N+](=O)[O-])cc2Br)o1. The van der Waals surface area contributed by atoms with Crippen LogP contribution in [0.4, 0.5) is 5.69 Å². The molecule has 2 rings (SSSR count). The van der Waals surface area contributed by atoms with Gasteiger partial charge in [-0.2, -0.15) is 0 Å². The molecule has 0 atom stereocenters. The molecule has 0 fully saturated rings. The number of hydrogen-bond acceptors (Lipinski definition) is 4. The number of non-ortho nitro benzene ring substituents is 1. The fourth-order valence-electron chi connectivity index (χ4n) is 1.68. The molecule has 0 aliphatic rings. The van der Waals surface area contributed by atoms with Crippen LogP contribution in [0.25, 0.3) is 11.3 Å². The molecular formula is C13H10BrNO4. The van der Waals surface area contributed by atoms with Crippen molar-refractivity contribution in [1.29, 1.82) is 0 Å². The van der Waals surface area contributed by atoms with Gasteiger partial charge in [0.25, 0.3) is 5.69 Å². The van der Waals surface area contributed by atoms with Crippen LogP contribution in [0.2, 0.25) is 0 Å². The van der Waals surface area contributed by atoms with Crippen LogP contribution in [-0.2, 0) is 11.2 Å². The van der Waals surface area contributed by atoms with Crippen LogP contribution in [0, 0.1) is 10.1 Å². The summed E-state index contributed by atoms with van der Waals surface area (Å²) in [7, 11) is 0. The van der Waals surface area contributed by atoms with Crippen LogP contribution in [0.15, 0.2) is 39.2 Å². The number of nitro benzene ring substituents is 1. The van der Waals surface area contributed by atoms with E-state index in [2.05, 4.69) is 15.9 Å². The van der Waals surface area contributed by atoms with Crippen molar-refractivity contribution in [3.63, 3.8) is 0 Å². The Morgan fingerprint density at radius 2 is 2.11 bits per heavy atom. The quantitative estimate of drug-likeness (QED) is 0.634. The molecular weight excluding hydrogens is 314 g/mol. The minimum Gasteiger partial charge on any atom is -0.461 e. The Morgan fingerprint density at radius 3 is 2.68 bits per heavy atom. The number of nitrogens with zero attached hydrogens (tertiary/aromatic N) is 1. The Kier molecular flexibility index (Phi) is 3.80. The number of carbonyl (C=O) groups excluding carboxylic acids is 1. The normalized spacial score (nSPS) is 10.4. The number of carbonyl (C=O) groups is 1.